The Kier molecular flexibility index (Phi) is 67.3. The van der Waals surface area contributed by atoms with E-state index in [0.717, 1.165) is 16.8 Å². The van der Waals surface area contributed by atoms with Crippen molar-refractivity contribution in [3.8, 4) is 0 Å². The van der Waals surface area contributed by atoms with Crippen molar-refractivity contribution in [2.45, 2.75) is 0 Å². The summed E-state index contributed by atoms with van der Waals surface area (Å²) in [5.41, 5.74) is 0. The SMILES string of the molecule is [La].[MgH2].[S]=[GaH]. The third-order valence-electron chi connectivity index (χ3n) is 0. The molecule has 0 nitrogen and oxygen atoms in total. The zero-order chi connectivity index (χ0) is 2.00. The van der Waals surface area contributed by atoms with Crippen LogP contribution in [0.3, 0.4) is 0 Å². The molecule has 0 N–H and O–H groups in total. The van der Waals surface area contributed by atoms with Crippen LogP contribution in [0.15, 0.2) is 0 Å². The third-order valence-corrected chi connectivity index (χ3v) is 0. The summed E-state index contributed by atoms with van der Waals surface area (Å²) >= 11 is 0.958. The van der Waals surface area contributed by atoms with Gasteiger partial charge >= 0.3 is 49.9 Å². The summed E-state index contributed by atoms with van der Waals surface area (Å²) in [5, 5.41) is 0. The second kappa shape index (κ2) is 17.0. The van der Waals surface area contributed by atoms with Crippen LogP contribution in [-0.2, 0) is 0 Å². The Balaban J connectivity index is -0.00000000500. The fourth-order valence-electron chi connectivity index (χ4n) is 0. The molecule has 0 atom stereocenters. The molecule has 0 saturated heterocycles. The maximum atomic E-state index is 4.21. The van der Waals surface area contributed by atoms with Crippen LogP contribution >= 0.6 is 10.1 Å². The Hall–Kier alpha value is 2.82. The molecule has 0 heterocycles. The van der Waals surface area contributed by atoms with Crippen molar-refractivity contribution >= 4 is 49.9 Å². The molecule has 4 heteroatoms. The fraction of sp³-hybridized carbons (Fsp3) is 0. The van der Waals surface area contributed by atoms with Crippen LogP contribution in [0.2, 0.25) is 0 Å². The molecular formula is H3GaLaMgS. The Labute approximate surface area is 83.7 Å². The molecule has 0 aromatic heterocycles. The summed E-state index contributed by atoms with van der Waals surface area (Å²) in [5.74, 6) is 0. The number of rotatable bonds is 0. The predicted octanol–water partition coefficient (Wildman–Crippen LogP) is -0.917. The molecule has 0 saturated carbocycles. The minimum atomic E-state index is 0. The maximum absolute atomic E-state index is 4.21. The van der Waals surface area contributed by atoms with Crippen LogP contribution in [-0.4, -0.2) is 39.9 Å². The van der Waals surface area contributed by atoms with Gasteiger partial charge < -0.3 is 0 Å². The van der Waals surface area contributed by atoms with Crippen LogP contribution in [0.5, 0.6) is 0 Å². The van der Waals surface area contributed by atoms with E-state index in [9.17, 15) is 0 Å². The average molecular weight is 268 g/mol. The molecule has 0 aromatic carbocycles. The molecular weight excluding hydrogens is 265 g/mol. The average Bonchev–Trinajstić information content (AvgIpc) is 1.00. The van der Waals surface area contributed by atoms with Gasteiger partial charge in [0.1, 0.15) is 0 Å². The Bertz CT molecular complexity index is 8.00. The summed E-state index contributed by atoms with van der Waals surface area (Å²) in [6.07, 6.45) is 0. The first kappa shape index (κ1) is 15.8. The second-order valence-corrected chi connectivity index (χ2v) is 0. The quantitative estimate of drug-likeness (QED) is 0.512. The predicted molar refractivity (Wildman–Crippen MR) is 23.3 cm³/mol. The molecule has 17 valence electrons. The third kappa shape index (κ3) is 8.84. The van der Waals surface area contributed by atoms with Crippen LogP contribution in [0.4, 0.5) is 0 Å². The van der Waals surface area contributed by atoms with E-state index in [0.29, 0.717) is 0 Å². The van der Waals surface area contributed by atoms with Crippen molar-refractivity contribution in [2.24, 2.45) is 0 Å². The van der Waals surface area contributed by atoms with Gasteiger partial charge in [0.25, 0.3) is 0 Å². The molecule has 0 unspecified atom stereocenters. The molecule has 0 bridgehead atoms. The molecule has 0 aliphatic heterocycles. The van der Waals surface area contributed by atoms with Crippen molar-refractivity contribution in [3.05, 3.63) is 0 Å². The number of hydrogen-bond acceptors (Lipinski definition) is 1. The minimum absolute atomic E-state index is 0. The van der Waals surface area contributed by atoms with Gasteiger partial charge in [-0.15, -0.1) is 0 Å². The van der Waals surface area contributed by atoms with Crippen LogP contribution in [0.25, 0.3) is 0 Å². The van der Waals surface area contributed by atoms with Crippen LogP contribution in [0.1, 0.15) is 0 Å². The second-order valence-electron chi connectivity index (χ2n) is 0. The first-order valence-electron chi connectivity index (χ1n) is 0.289. The summed E-state index contributed by atoms with van der Waals surface area (Å²) in [7, 11) is 4.21. The summed E-state index contributed by atoms with van der Waals surface area (Å²) in [6, 6.07) is 0. The molecule has 0 amide bonds. The Morgan fingerprint density at radius 1 is 1.25 bits per heavy atom. The van der Waals surface area contributed by atoms with Gasteiger partial charge in [0.15, 0.2) is 0 Å². The zero-order valence-electron chi connectivity index (χ0n) is 1.69. The molecule has 0 rings (SSSR count). The van der Waals surface area contributed by atoms with Crippen molar-refractivity contribution in [3.63, 3.8) is 0 Å². The molecule has 1 radical (unpaired) electrons. The molecule has 0 fully saturated rings. The molecule has 0 aromatic rings. The summed E-state index contributed by atoms with van der Waals surface area (Å²) in [4.78, 5) is 0. The zero-order valence-corrected chi connectivity index (χ0v) is 9.10. The van der Waals surface area contributed by atoms with E-state index in [4.69, 9.17) is 0 Å². The van der Waals surface area contributed by atoms with E-state index >= 15 is 0 Å². The molecule has 0 aliphatic carbocycles. The van der Waals surface area contributed by atoms with Crippen LogP contribution < -0.4 is 0 Å². The summed E-state index contributed by atoms with van der Waals surface area (Å²) < 4.78 is 0. The van der Waals surface area contributed by atoms with E-state index in [1.165, 1.54) is 0 Å². The Morgan fingerprint density at radius 2 is 1.25 bits per heavy atom. The first-order valence-corrected chi connectivity index (χ1v) is 4.50. The summed E-state index contributed by atoms with van der Waals surface area (Å²) in [6.45, 7) is 0. The molecule has 0 aliphatic rings. The van der Waals surface area contributed by atoms with Crippen molar-refractivity contribution in [2.75, 3.05) is 0 Å². The topological polar surface area (TPSA) is 0 Å². The van der Waals surface area contributed by atoms with Gasteiger partial charge in [-0.25, -0.2) is 0 Å². The van der Waals surface area contributed by atoms with E-state index in [1.54, 1.807) is 0 Å². The van der Waals surface area contributed by atoms with E-state index < -0.39 is 0 Å². The van der Waals surface area contributed by atoms with E-state index in [1.807, 2.05) is 0 Å². The van der Waals surface area contributed by atoms with Crippen LogP contribution in [0, 0.1) is 35.6 Å². The molecule has 0 spiro atoms. The Morgan fingerprint density at radius 3 is 1.25 bits per heavy atom. The number of hydrogen-bond donors (Lipinski definition) is 0. The van der Waals surface area contributed by atoms with Gasteiger partial charge in [-0.3, -0.25) is 0 Å². The van der Waals surface area contributed by atoms with E-state index in [2.05, 4.69) is 10.1 Å². The van der Waals surface area contributed by atoms with Gasteiger partial charge in [-0.2, -0.15) is 0 Å². The van der Waals surface area contributed by atoms with Gasteiger partial charge in [0.2, 0.25) is 0 Å². The standard InChI is InChI=1S/Ga.La.Mg.S.3H. The van der Waals surface area contributed by atoms with E-state index in [-0.39, 0.29) is 58.7 Å². The van der Waals surface area contributed by atoms with Crippen molar-refractivity contribution in [1.29, 1.82) is 0 Å². The van der Waals surface area contributed by atoms with Gasteiger partial charge in [0.05, 0.1) is 0 Å². The monoisotopic (exact) mass is 267 g/mol. The van der Waals surface area contributed by atoms with Crippen molar-refractivity contribution < 1.29 is 35.6 Å². The first-order chi connectivity index (χ1) is 1.00. The van der Waals surface area contributed by atoms with Gasteiger partial charge in [-0.1, -0.05) is 0 Å². The normalized spacial score (nSPS) is 0.750. The van der Waals surface area contributed by atoms with Gasteiger partial charge in [0, 0.05) is 35.6 Å². The van der Waals surface area contributed by atoms with Crippen molar-refractivity contribution in [1.82, 2.24) is 0 Å². The fourth-order valence-corrected chi connectivity index (χ4v) is 0. The molecule has 4 heavy (non-hydrogen) atoms. The van der Waals surface area contributed by atoms with Gasteiger partial charge in [-0.05, 0) is 0 Å².